The zero-order valence-corrected chi connectivity index (χ0v) is 8.66. The van der Waals surface area contributed by atoms with E-state index in [1.165, 1.54) is 5.56 Å². The van der Waals surface area contributed by atoms with Gasteiger partial charge >= 0.3 is 7.75 Å². The van der Waals surface area contributed by atoms with E-state index >= 15 is 0 Å². The van der Waals surface area contributed by atoms with E-state index in [0.717, 1.165) is 6.42 Å². The van der Waals surface area contributed by atoms with Gasteiger partial charge in [0.2, 0.25) is 0 Å². The van der Waals surface area contributed by atoms with E-state index < -0.39 is 7.75 Å². The molecule has 5 nitrogen and oxygen atoms in total. The van der Waals surface area contributed by atoms with Crippen molar-refractivity contribution in [3.63, 3.8) is 0 Å². The van der Waals surface area contributed by atoms with Crippen LogP contribution in [-0.4, -0.2) is 9.79 Å². The molecular formula is C8H13N2O3P. The smallest absolute Gasteiger partial charge is 0.312 e. The highest BCUT2D eigenvalue weighted by molar-refractivity contribution is 7.49. The van der Waals surface area contributed by atoms with Crippen LogP contribution in [0, 0.1) is 0 Å². The molecule has 0 saturated carbocycles. The number of anilines is 1. The summed E-state index contributed by atoms with van der Waals surface area (Å²) in [5.41, 5.74) is 4.21. The predicted molar refractivity (Wildman–Crippen MR) is 54.6 cm³/mol. The van der Waals surface area contributed by atoms with Crippen LogP contribution in [0.3, 0.4) is 0 Å². The molecule has 1 rings (SSSR count). The lowest BCUT2D eigenvalue weighted by Crippen LogP contribution is -2.17. The highest BCUT2D eigenvalue weighted by atomic mass is 31.2. The third-order valence-corrected chi connectivity index (χ3v) is 2.11. The van der Waals surface area contributed by atoms with Crippen LogP contribution in [0.4, 0.5) is 5.69 Å². The standard InChI is InChI=1S/C8H13N2O3P/c1-2-7-3-5-8(6-4-7)9-10-14(11,12)13/h3-6,9H,2H2,1H3,(H3,10,11,12,13). The molecule has 0 saturated heterocycles. The van der Waals surface area contributed by atoms with Gasteiger partial charge < -0.3 is 15.2 Å². The van der Waals surface area contributed by atoms with Gasteiger partial charge in [-0.25, -0.2) is 4.57 Å². The largest absolute Gasteiger partial charge is 0.417 e. The minimum atomic E-state index is -4.21. The van der Waals surface area contributed by atoms with Crippen molar-refractivity contribution in [2.45, 2.75) is 13.3 Å². The van der Waals surface area contributed by atoms with Crippen molar-refractivity contribution in [3.05, 3.63) is 29.8 Å². The number of hydrogen-bond donors (Lipinski definition) is 4. The molecule has 6 heteroatoms. The Balaban J connectivity index is 2.56. The lowest BCUT2D eigenvalue weighted by Gasteiger charge is -2.09. The Morgan fingerprint density at radius 2 is 1.86 bits per heavy atom. The molecule has 0 aliphatic rings. The molecule has 0 unspecified atom stereocenters. The van der Waals surface area contributed by atoms with Crippen molar-refractivity contribution in [1.82, 2.24) is 5.20 Å². The minimum Gasteiger partial charge on any atom is -0.312 e. The van der Waals surface area contributed by atoms with Crippen LogP contribution in [0.1, 0.15) is 12.5 Å². The van der Waals surface area contributed by atoms with Crippen molar-refractivity contribution in [2.24, 2.45) is 0 Å². The van der Waals surface area contributed by atoms with E-state index in [-0.39, 0.29) is 0 Å². The van der Waals surface area contributed by atoms with Gasteiger partial charge in [-0.1, -0.05) is 19.1 Å². The van der Waals surface area contributed by atoms with Crippen molar-refractivity contribution in [2.75, 3.05) is 5.43 Å². The summed E-state index contributed by atoms with van der Waals surface area (Å²) in [7, 11) is -4.21. The summed E-state index contributed by atoms with van der Waals surface area (Å²) in [6.07, 6.45) is 0.937. The van der Waals surface area contributed by atoms with Gasteiger partial charge in [-0.2, -0.15) is 0 Å². The molecule has 0 fully saturated rings. The average molecular weight is 216 g/mol. The van der Waals surface area contributed by atoms with Gasteiger partial charge in [-0.3, -0.25) is 0 Å². The van der Waals surface area contributed by atoms with Gasteiger partial charge in [0.1, 0.15) is 0 Å². The summed E-state index contributed by atoms with van der Waals surface area (Å²) in [4.78, 5) is 17.0. The molecule has 1 aromatic rings. The third-order valence-electron chi connectivity index (χ3n) is 1.71. The number of hydrazine groups is 1. The zero-order valence-electron chi connectivity index (χ0n) is 7.77. The van der Waals surface area contributed by atoms with Gasteiger partial charge in [0, 0.05) is 5.69 Å². The van der Waals surface area contributed by atoms with E-state index in [0.29, 0.717) is 5.69 Å². The maximum atomic E-state index is 10.4. The van der Waals surface area contributed by atoms with Crippen LogP contribution in [0.5, 0.6) is 0 Å². The normalized spacial score (nSPS) is 11.4. The van der Waals surface area contributed by atoms with Crippen LogP contribution in [0.15, 0.2) is 24.3 Å². The summed E-state index contributed by atoms with van der Waals surface area (Å²) in [6.45, 7) is 2.04. The number of benzene rings is 1. The van der Waals surface area contributed by atoms with E-state index in [1.54, 1.807) is 12.1 Å². The lowest BCUT2D eigenvalue weighted by atomic mass is 10.2. The molecule has 0 amide bonds. The molecule has 0 aromatic heterocycles. The van der Waals surface area contributed by atoms with Crippen molar-refractivity contribution < 1.29 is 14.4 Å². The number of hydrogen-bond acceptors (Lipinski definition) is 2. The van der Waals surface area contributed by atoms with E-state index in [1.807, 2.05) is 24.3 Å². The molecule has 0 bridgehead atoms. The second-order valence-electron chi connectivity index (χ2n) is 2.83. The van der Waals surface area contributed by atoms with Crippen molar-refractivity contribution in [1.29, 1.82) is 0 Å². The molecule has 0 atom stereocenters. The highest BCUT2D eigenvalue weighted by Gasteiger charge is 2.10. The monoisotopic (exact) mass is 216 g/mol. The van der Waals surface area contributed by atoms with Crippen LogP contribution in [-0.2, 0) is 11.0 Å². The fraction of sp³-hybridized carbons (Fsp3) is 0.250. The first-order chi connectivity index (χ1) is 6.51. The van der Waals surface area contributed by atoms with Crippen molar-refractivity contribution >= 4 is 13.4 Å². The van der Waals surface area contributed by atoms with E-state index in [4.69, 9.17) is 9.79 Å². The van der Waals surface area contributed by atoms with Crippen LogP contribution in [0.25, 0.3) is 0 Å². The Hall–Kier alpha value is -0.870. The Morgan fingerprint density at radius 3 is 2.29 bits per heavy atom. The highest BCUT2D eigenvalue weighted by Crippen LogP contribution is 2.27. The Bertz CT molecular complexity index is 333. The maximum absolute atomic E-state index is 10.4. The lowest BCUT2D eigenvalue weighted by molar-refractivity contribution is 0.362. The molecule has 0 aliphatic carbocycles. The number of rotatable bonds is 4. The second kappa shape index (κ2) is 4.57. The fourth-order valence-corrected chi connectivity index (χ4v) is 1.24. The molecule has 0 spiro atoms. The zero-order chi connectivity index (χ0) is 10.6. The van der Waals surface area contributed by atoms with Crippen LogP contribution >= 0.6 is 7.75 Å². The van der Waals surface area contributed by atoms with Crippen LogP contribution in [0.2, 0.25) is 0 Å². The molecular weight excluding hydrogens is 203 g/mol. The van der Waals surface area contributed by atoms with Gasteiger partial charge in [-0.15, -0.1) is 5.20 Å². The fourth-order valence-electron chi connectivity index (χ4n) is 0.961. The topological polar surface area (TPSA) is 81.6 Å². The second-order valence-corrected chi connectivity index (χ2v) is 4.14. The molecule has 0 aliphatic heterocycles. The molecule has 0 radical (unpaired) electrons. The Kier molecular flexibility index (Phi) is 3.66. The van der Waals surface area contributed by atoms with E-state index in [9.17, 15) is 4.57 Å². The first kappa shape index (κ1) is 11.2. The SMILES string of the molecule is CCc1ccc(NNP(=O)(O)O)cc1. The molecule has 78 valence electrons. The van der Waals surface area contributed by atoms with E-state index in [2.05, 4.69) is 5.43 Å². The number of nitrogens with one attached hydrogen (secondary N) is 2. The van der Waals surface area contributed by atoms with Gasteiger partial charge in [-0.05, 0) is 24.1 Å². The third kappa shape index (κ3) is 3.89. The first-order valence-corrected chi connectivity index (χ1v) is 5.80. The summed E-state index contributed by atoms with van der Waals surface area (Å²) < 4.78 is 10.4. The van der Waals surface area contributed by atoms with Gasteiger partial charge in [0.15, 0.2) is 0 Å². The van der Waals surface area contributed by atoms with Gasteiger partial charge in [0.05, 0.1) is 0 Å². The Morgan fingerprint density at radius 1 is 1.29 bits per heavy atom. The summed E-state index contributed by atoms with van der Waals surface area (Å²) in [5, 5.41) is 1.89. The quantitative estimate of drug-likeness (QED) is 0.450. The maximum Gasteiger partial charge on any atom is 0.417 e. The molecule has 4 N–H and O–H groups in total. The number of aryl methyl sites for hydroxylation is 1. The predicted octanol–water partition coefficient (Wildman–Crippen LogP) is 1.26. The summed E-state index contributed by atoms with van der Waals surface area (Å²) in [6, 6.07) is 7.29. The average Bonchev–Trinajstić information content (AvgIpc) is 2.14. The Labute approximate surface area is 82.3 Å². The first-order valence-electron chi connectivity index (χ1n) is 4.19. The van der Waals surface area contributed by atoms with Crippen molar-refractivity contribution in [3.8, 4) is 0 Å². The van der Waals surface area contributed by atoms with Gasteiger partial charge in [0.25, 0.3) is 0 Å². The molecule has 1 aromatic carbocycles. The van der Waals surface area contributed by atoms with Crippen LogP contribution < -0.4 is 10.6 Å². The summed E-state index contributed by atoms with van der Waals surface area (Å²) >= 11 is 0. The molecule has 0 heterocycles. The molecule has 14 heavy (non-hydrogen) atoms. The minimum absolute atomic E-state index is 0.616. The summed E-state index contributed by atoms with van der Waals surface area (Å²) in [5.74, 6) is 0.